The molecule has 4 aromatic rings. The van der Waals surface area contributed by atoms with Crippen LogP contribution in [0.1, 0.15) is 28.4 Å². The molecular formula is C19H12F3N5O2. The third kappa shape index (κ3) is 3.64. The monoisotopic (exact) mass is 399 g/mol. The second-order valence-corrected chi connectivity index (χ2v) is 6.02. The van der Waals surface area contributed by atoms with E-state index in [1.165, 1.54) is 16.8 Å². The minimum atomic E-state index is -2.91. The number of hydrogen-bond donors (Lipinski definition) is 0. The normalized spacial score (nSPS) is 11.2. The number of benzene rings is 2. The highest BCUT2D eigenvalue weighted by molar-refractivity contribution is 5.83. The number of rotatable bonds is 6. The fourth-order valence-electron chi connectivity index (χ4n) is 2.76. The van der Waals surface area contributed by atoms with Crippen molar-refractivity contribution in [3.8, 4) is 22.7 Å². The van der Waals surface area contributed by atoms with Crippen LogP contribution in [-0.2, 0) is 6.54 Å². The van der Waals surface area contributed by atoms with Crippen LogP contribution in [0, 0.1) is 5.82 Å². The molecule has 0 aliphatic carbocycles. The molecule has 0 N–H and O–H groups in total. The molecule has 0 aliphatic rings. The highest BCUT2D eigenvalue weighted by atomic mass is 19.3. The molecule has 0 bridgehead atoms. The molecule has 146 valence electrons. The van der Waals surface area contributed by atoms with E-state index in [4.69, 9.17) is 4.42 Å². The summed E-state index contributed by atoms with van der Waals surface area (Å²) in [5.74, 6) is -1.70. The van der Waals surface area contributed by atoms with Crippen molar-refractivity contribution in [3.63, 3.8) is 0 Å². The second kappa shape index (κ2) is 7.66. The van der Waals surface area contributed by atoms with Crippen molar-refractivity contribution in [1.82, 2.24) is 25.2 Å². The highest BCUT2D eigenvalue weighted by Crippen LogP contribution is 2.26. The lowest BCUT2D eigenvalue weighted by Crippen LogP contribution is -2.08. The molecule has 7 nitrogen and oxygen atoms in total. The Kier molecular flexibility index (Phi) is 4.90. The minimum absolute atomic E-state index is 0.0495. The van der Waals surface area contributed by atoms with E-state index in [0.29, 0.717) is 17.5 Å². The van der Waals surface area contributed by atoms with Crippen molar-refractivity contribution in [2.24, 2.45) is 0 Å². The predicted octanol–water partition coefficient (Wildman–Crippen LogP) is 3.93. The van der Waals surface area contributed by atoms with Gasteiger partial charge in [-0.25, -0.2) is 9.07 Å². The molecule has 2 aromatic carbocycles. The zero-order chi connectivity index (χ0) is 20.4. The van der Waals surface area contributed by atoms with Gasteiger partial charge >= 0.3 is 6.43 Å². The number of halogens is 3. The number of aromatic nitrogens is 5. The van der Waals surface area contributed by atoms with Crippen molar-refractivity contribution < 1.29 is 22.4 Å². The van der Waals surface area contributed by atoms with E-state index in [1.807, 2.05) is 6.07 Å². The Morgan fingerprint density at radius 3 is 2.48 bits per heavy atom. The molecule has 0 fully saturated rings. The summed E-state index contributed by atoms with van der Waals surface area (Å²) in [5, 5.41) is 14.7. The molecule has 4 rings (SSSR count). The Morgan fingerprint density at radius 1 is 1.03 bits per heavy atom. The maximum atomic E-state index is 14.6. The van der Waals surface area contributed by atoms with Gasteiger partial charge in [-0.2, -0.15) is 8.78 Å². The van der Waals surface area contributed by atoms with Gasteiger partial charge in [0, 0.05) is 16.7 Å². The van der Waals surface area contributed by atoms with Gasteiger partial charge in [0.05, 0.1) is 6.54 Å². The fourth-order valence-corrected chi connectivity index (χ4v) is 2.76. The minimum Gasteiger partial charge on any atom is -0.415 e. The van der Waals surface area contributed by atoms with Gasteiger partial charge in [-0.15, -0.1) is 15.3 Å². The lowest BCUT2D eigenvalue weighted by Gasteiger charge is -2.06. The number of carbonyl (C=O) groups is 1. The van der Waals surface area contributed by atoms with E-state index < -0.39 is 18.1 Å². The molecule has 0 atom stereocenters. The summed E-state index contributed by atoms with van der Waals surface area (Å²) in [6, 6.07) is 13.0. The van der Waals surface area contributed by atoms with Crippen LogP contribution in [0.5, 0.6) is 0 Å². The Hall–Kier alpha value is -3.82. The molecule has 0 spiro atoms. The number of nitrogens with zero attached hydrogens (tertiary/aromatic N) is 5. The maximum absolute atomic E-state index is 14.6. The molecule has 0 amide bonds. The van der Waals surface area contributed by atoms with Gasteiger partial charge in [0.1, 0.15) is 17.2 Å². The van der Waals surface area contributed by atoms with Crippen molar-refractivity contribution in [2.75, 3.05) is 0 Å². The van der Waals surface area contributed by atoms with Crippen LogP contribution in [0.3, 0.4) is 0 Å². The van der Waals surface area contributed by atoms with Crippen LogP contribution < -0.4 is 0 Å². The van der Waals surface area contributed by atoms with Crippen LogP contribution >= 0.6 is 0 Å². The average molecular weight is 399 g/mol. The zero-order valence-electron chi connectivity index (χ0n) is 14.7. The lowest BCUT2D eigenvalue weighted by atomic mass is 10.1. The van der Waals surface area contributed by atoms with Crippen molar-refractivity contribution in [3.05, 3.63) is 71.5 Å². The van der Waals surface area contributed by atoms with Crippen molar-refractivity contribution >= 4 is 6.29 Å². The molecule has 0 saturated carbocycles. The number of alkyl halides is 2. The smallest absolute Gasteiger partial charge is 0.314 e. The number of carbonyl (C=O) groups excluding carboxylic acids is 1. The van der Waals surface area contributed by atoms with Gasteiger partial charge in [-0.1, -0.05) is 41.6 Å². The first kappa shape index (κ1) is 18.5. The Labute approximate surface area is 161 Å². The first-order valence-electron chi connectivity index (χ1n) is 8.41. The number of aldehydes is 1. The van der Waals surface area contributed by atoms with Crippen LogP contribution in [0.2, 0.25) is 0 Å². The summed E-state index contributed by atoms with van der Waals surface area (Å²) < 4.78 is 45.8. The summed E-state index contributed by atoms with van der Waals surface area (Å²) in [6.45, 7) is -0.0495. The summed E-state index contributed by atoms with van der Waals surface area (Å²) in [4.78, 5) is 11.6. The van der Waals surface area contributed by atoms with Crippen LogP contribution in [-0.4, -0.2) is 31.5 Å². The molecule has 0 unspecified atom stereocenters. The maximum Gasteiger partial charge on any atom is 0.314 e. The zero-order valence-corrected chi connectivity index (χ0v) is 14.7. The molecule has 0 saturated heterocycles. The van der Waals surface area contributed by atoms with Crippen molar-refractivity contribution in [2.45, 2.75) is 13.0 Å². The molecule has 2 aromatic heterocycles. The third-order valence-electron chi connectivity index (χ3n) is 4.18. The molecule has 0 radical (unpaired) electrons. The van der Waals surface area contributed by atoms with Crippen LogP contribution in [0.4, 0.5) is 13.2 Å². The van der Waals surface area contributed by atoms with E-state index in [9.17, 15) is 18.0 Å². The van der Waals surface area contributed by atoms with Crippen LogP contribution in [0.25, 0.3) is 22.7 Å². The van der Waals surface area contributed by atoms with Crippen molar-refractivity contribution in [1.29, 1.82) is 0 Å². The first-order chi connectivity index (χ1) is 14.1. The van der Waals surface area contributed by atoms with E-state index >= 15 is 0 Å². The summed E-state index contributed by atoms with van der Waals surface area (Å²) in [7, 11) is 0. The summed E-state index contributed by atoms with van der Waals surface area (Å²) >= 11 is 0. The standard InChI is InChI=1S/C19H12F3N5O2/c20-14-8-12(18-24-25-19(29-18)17(21)22)6-7-13(14)9-27-15(10-28)16(23-26-27)11-4-2-1-3-5-11/h1-8,10,17H,9H2. The summed E-state index contributed by atoms with van der Waals surface area (Å²) in [5.41, 5.74) is 1.68. The van der Waals surface area contributed by atoms with Gasteiger partial charge in [0.25, 0.3) is 5.89 Å². The van der Waals surface area contributed by atoms with E-state index in [2.05, 4.69) is 20.5 Å². The molecule has 29 heavy (non-hydrogen) atoms. The molecule has 2 heterocycles. The predicted molar refractivity (Wildman–Crippen MR) is 94.6 cm³/mol. The van der Waals surface area contributed by atoms with E-state index in [-0.39, 0.29) is 29.3 Å². The Bertz CT molecular complexity index is 1160. The summed E-state index contributed by atoms with van der Waals surface area (Å²) in [6.07, 6.45) is -2.30. The molecule has 10 heteroatoms. The van der Waals surface area contributed by atoms with Gasteiger partial charge < -0.3 is 4.42 Å². The molecule has 0 aliphatic heterocycles. The van der Waals surface area contributed by atoms with E-state index in [0.717, 1.165) is 6.07 Å². The number of hydrogen-bond acceptors (Lipinski definition) is 6. The SMILES string of the molecule is O=Cc1c(-c2ccccc2)nnn1Cc1ccc(-c2nnc(C(F)F)o2)cc1F. The van der Waals surface area contributed by atoms with Gasteiger partial charge in [0.15, 0.2) is 6.29 Å². The third-order valence-corrected chi connectivity index (χ3v) is 4.18. The van der Waals surface area contributed by atoms with Gasteiger partial charge in [-0.05, 0) is 12.1 Å². The largest absolute Gasteiger partial charge is 0.415 e. The van der Waals surface area contributed by atoms with Gasteiger partial charge in [-0.3, -0.25) is 4.79 Å². The average Bonchev–Trinajstić information content (AvgIpc) is 3.37. The quantitative estimate of drug-likeness (QED) is 0.457. The highest BCUT2D eigenvalue weighted by Gasteiger charge is 2.19. The van der Waals surface area contributed by atoms with E-state index in [1.54, 1.807) is 24.3 Å². The van der Waals surface area contributed by atoms with Gasteiger partial charge in [0.2, 0.25) is 5.89 Å². The first-order valence-corrected chi connectivity index (χ1v) is 8.41. The lowest BCUT2D eigenvalue weighted by molar-refractivity contribution is 0.111. The molecular weight excluding hydrogens is 387 g/mol. The topological polar surface area (TPSA) is 86.7 Å². The Balaban J connectivity index is 1.62. The second-order valence-electron chi connectivity index (χ2n) is 6.02. The fraction of sp³-hybridized carbons (Fsp3) is 0.105. The van der Waals surface area contributed by atoms with Crippen LogP contribution in [0.15, 0.2) is 52.9 Å². The Morgan fingerprint density at radius 2 is 1.83 bits per heavy atom.